The third-order valence-corrected chi connectivity index (χ3v) is 7.06. The van der Waals surface area contributed by atoms with Crippen LogP contribution >= 0.6 is 0 Å². The highest BCUT2D eigenvalue weighted by Crippen LogP contribution is 2.09. The van der Waals surface area contributed by atoms with Gasteiger partial charge in [-0.15, -0.1) is 0 Å². The van der Waals surface area contributed by atoms with E-state index >= 15 is 0 Å². The Morgan fingerprint density at radius 2 is 1.28 bits per heavy atom. The average Bonchev–Trinajstić information content (AvgIpc) is 3.04. The molecule has 0 spiro atoms. The van der Waals surface area contributed by atoms with Gasteiger partial charge in [0.1, 0.15) is 18.1 Å². The standard InChI is InChI=1S/C32H48N10O5/c1-20(2)17-26(40-32(47)42-41-28(44)23(33)18-21-11-6-4-7-12-21)30(46)38-24(15-10-16-37-31(35)36-3)29(45)39-25(27(34)43)19-22-13-8-5-9-14-22/h4-9,11-14,20,23-26H,10,15-19,33H2,1-3H3,(H2,34,43)(H,38,46)(H,39,45)(H,41,44)(H3,35,36,37)(H2,40,42,47)/t23-,24-,25-,26-/m0/s1. The van der Waals surface area contributed by atoms with Gasteiger partial charge in [-0.25, -0.2) is 10.2 Å². The van der Waals surface area contributed by atoms with Crippen LogP contribution in [0.4, 0.5) is 4.79 Å². The molecule has 4 atom stereocenters. The van der Waals surface area contributed by atoms with Crippen molar-refractivity contribution in [2.75, 3.05) is 13.6 Å². The summed E-state index contributed by atoms with van der Waals surface area (Å²) in [6, 6.07) is 13.3. The van der Waals surface area contributed by atoms with Gasteiger partial charge in [-0.1, -0.05) is 74.5 Å². The van der Waals surface area contributed by atoms with Gasteiger partial charge in [0.2, 0.25) is 17.7 Å². The molecule has 2 aromatic rings. The summed E-state index contributed by atoms with van der Waals surface area (Å²) in [6.45, 7) is 4.08. The molecule has 0 saturated carbocycles. The molecule has 47 heavy (non-hydrogen) atoms. The summed E-state index contributed by atoms with van der Waals surface area (Å²) in [6.07, 6.45) is 1.19. The SMILES string of the molecule is CN=C(N)NCCC[C@H](NC(=O)[C@H](CC(C)C)NC(=O)NNC(=O)[C@@H](N)Cc1ccccc1)C(=O)N[C@@H](Cc1ccccc1)C(N)=O. The minimum atomic E-state index is -1.09. The van der Waals surface area contributed by atoms with Gasteiger partial charge in [-0.2, -0.15) is 0 Å². The zero-order valence-electron chi connectivity index (χ0n) is 27.1. The quantitative estimate of drug-likeness (QED) is 0.0457. The topological polar surface area (TPSA) is 248 Å². The van der Waals surface area contributed by atoms with Crippen molar-refractivity contribution in [3.63, 3.8) is 0 Å². The molecule has 2 rings (SSSR count). The van der Waals surface area contributed by atoms with Gasteiger partial charge in [0.05, 0.1) is 6.04 Å². The van der Waals surface area contributed by atoms with Crippen molar-refractivity contribution in [2.45, 2.75) is 70.1 Å². The van der Waals surface area contributed by atoms with Gasteiger partial charge in [0.15, 0.2) is 5.96 Å². The van der Waals surface area contributed by atoms with Gasteiger partial charge in [-0.3, -0.25) is 29.6 Å². The maximum absolute atomic E-state index is 13.5. The number of primary amides is 1. The van der Waals surface area contributed by atoms with Gasteiger partial charge in [0.25, 0.3) is 5.91 Å². The lowest BCUT2D eigenvalue weighted by Gasteiger charge is -2.26. The summed E-state index contributed by atoms with van der Waals surface area (Å²) in [7, 11) is 1.53. The van der Waals surface area contributed by atoms with Crippen LogP contribution in [0.5, 0.6) is 0 Å². The van der Waals surface area contributed by atoms with Crippen molar-refractivity contribution in [1.29, 1.82) is 0 Å². The summed E-state index contributed by atoms with van der Waals surface area (Å²) in [5.74, 6) is -2.43. The predicted molar refractivity (Wildman–Crippen MR) is 179 cm³/mol. The number of carbonyl (C=O) groups is 5. The molecule has 15 nitrogen and oxygen atoms in total. The molecule has 0 aliphatic rings. The first-order valence-corrected chi connectivity index (χ1v) is 15.5. The molecule has 2 aromatic carbocycles. The Kier molecular flexibility index (Phi) is 16.2. The van der Waals surface area contributed by atoms with Crippen LogP contribution in [-0.4, -0.2) is 73.4 Å². The fourth-order valence-corrected chi connectivity index (χ4v) is 4.56. The minimum absolute atomic E-state index is 0.0298. The molecule has 256 valence electrons. The van der Waals surface area contributed by atoms with Crippen LogP contribution < -0.4 is 49.3 Å². The Balaban J connectivity index is 2.09. The third kappa shape index (κ3) is 14.6. The number of aliphatic imine (C=N–C) groups is 1. The zero-order chi connectivity index (χ0) is 34.8. The fourth-order valence-electron chi connectivity index (χ4n) is 4.56. The molecule has 0 fully saturated rings. The van der Waals surface area contributed by atoms with E-state index in [-0.39, 0.29) is 37.6 Å². The number of nitrogens with two attached hydrogens (primary N) is 3. The van der Waals surface area contributed by atoms with Crippen LogP contribution in [0.15, 0.2) is 65.7 Å². The molecule has 12 N–H and O–H groups in total. The molecule has 0 aliphatic heterocycles. The molecule has 6 amide bonds. The molecular weight excluding hydrogens is 604 g/mol. The maximum atomic E-state index is 13.5. The molecule has 15 heteroatoms. The highest BCUT2D eigenvalue weighted by atomic mass is 16.2. The lowest BCUT2D eigenvalue weighted by Crippen LogP contribution is -2.59. The number of rotatable bonds is 17. The van der Waals surface area contributed by atoms with E-state index in [1.165, 1.54) is 7.05 Å². The zero-order valence-corrected chi connectivity index (χ0v) is 27.1. The van der Waals surface area contributed by atoms with E-state index in [4.69, 9.17) is 17.2 Å². The second-order valence-corrected chi connectivity index (χ2v) is 11.5. The highest BCUT2D eigenvalue weighted by molar-refractivity contribution is 5.94. The summed E-state index contributed by atoms with van der Waals surface area (Å²) < 4.78 is 0. The van der Waals surface area contributed by atoms with Gasteiger partial charge >= 0.3 is 6.03 Å². The number of benzene rings is 2. The second-order valence-electron chi connectivity index (χ2n) is 11.5. The van der Waals surface area contributed by atoms with Crippen molar-refractivity contribution in [3.05, 3.63) is 71.8 Å². The van der Waals surface area contributed by atoms with Crippen LogP contribution in [0.2, 0.25) is 0 Å². The lowest BCUT2D eigenvalue weighted by molar-refractivity contribution is -0.132. The van der Waals surface area contributed by atoms with Crippen LogP contribution in [0, 0.1) is 5.92 Å². The summed E-state index contributed by atoms with van der Waals surface area (Å²) in [5, 5.41) is 10.8. The van der Waals surface area contributed by atoms with Crippen LogP contribution in [0.1, 0.15) is 44.2 Å². The van der Waals surface area contributed by atoms with Crippen LogP contribution in [0.3, 0.4) is 0 Å². The molecule has 0 saturated heterocycles. The molecule has 0 unspecified atom stereocenters. The summed E-state index contributed by atoms with van der Waals surface area (Å²) in [5.41, 5.74) is 23.4. The normalized spacial score (nSPS) is 13.8. The van der Waals surface area contributed by atoms with Crippen molar-refractivity contribution >= 4 is 35.6 Å². The molecule has 0 aliphatic carbocycles. The third-order valence-electron chi connectivity index (χ3n) is 7.06. The highest BCUT2D eigenvalue weighted by Gasteiger charge is 2.29. The second kappa shape index (κ2) is 20.0. The van der Waals surface area contributed by atoms with E-state index < -0.39 is 53.8 Å². The predicted octanol–water partition coefficient (Wildman–Crippen LogP) is -0.687. The number of carbonyl (C=O) groups excluding carboxylic acids is 5. The first kappa shape index (κ1) is 38.0. The maximum Gasteiger partial charge on any atom is 0.334 e. The van der Waals surface area contributed by atoms with Gasteiger partial charge < -0.3 is 38.5 Å². The lowest BCUT2D eigenvalue weighted by atomic mass is 10.0. The molecule has 0 bridgehead atoms. The number of hydrazine groups is 1. The minimum Gasteiger partial charge on any atom is -0.370 e. The Morgan fingerprint density at radius 3 is 1.83 bits per heavy atom. The molecule has 0 aromatic heterocycles. The first-order valence-electron chi connectivity index (χ1n) is 15.5. The molecule has 0 heterocycles. The summed E-state index contributed by atoms with van der Waals surface area (Å²) >= 11 is 0. The van der Waals surface area contributed by atoms with E-state index in [0.717, 1.165) is 11.1 Å². The largest absolute Gasteiger partial charge is 0.370 e. The monoisotopic (exact) mass is 652 g/mol. The number of amides is 6. The van der Waals surface area contributed by atoms with Gasteiger partial charge in [-0.05, 0) is 42.7 Å². The van der Waals surface area contributed by atoms with E-state index in [9.17, 15) is 24.0 Å². The van der Waals surface area contributed by atoms with E-state index in [0.29, 0.717) is 13.0 Å². The Labute approximate surface area is 275 Å². The molecule has 0 radical (unpaired) electrons. The summed E-state index contributed by atoms with van der Waals surface area (Å²) in [4.78, 5) is 68.2. The number of urea groups is 1. The van der Waals surface area contributed by atoms with E-state index in [1.807, 2.05) is 50.2 Å². The van der Waals surface area contributed by atoms with Crippen LogP contribution in [-0.2, 0) is 32.0 Å². The fraction of sp³-hybridized carbons (Fsp3) is 0.438. The van der Waals surface area contributed by atoms with Gasteiger partial charge in [0, 0.05) is 20.0 Å². The van der Waals surface area contributed by atoms with Crippen molar-refractivity contribution in [3.8, 4) is 0 Å². The first-order chi connectivity index (χ1) is 22.4. The molecular formula is C32H48N10O5. The number of nitrogens with one attached hydrogen (secondary N) is 6. The van der Waals surface area contributed by atoms with E-state index in [1.54, 1.807) is 24.3 Å². The van der Waals surface area contributed by atoms with Crippen molar-refractivity contribution in [2.24, 2.45) is 28.1 Å². The van der Waals surface area contributed by atoms with E-state index in [2.05, 4.69) is 37.1 Å². The smallest absolute Gasteiger partial charge is 0.334 e. The average molecular weight is 653 g/mol. The number of hydrogen-bond acceptors (Lipinski definition) is 7. The van der Waals surface area contributed by atoms with Crippen LogP contribution in [0.25, 0.3) is 0 Å². The van der Waals surface area contributed by atoms with Crippen molar-refractivity contribution in [1.82, 2.24) is 32.1 Å². The Morgan fingerprint density at radius 1 is 0.723 bits per heavy atom. The number of nitrogens with zero attached hydrogens (tertiary/aromatic N) is 1. The number of hydrogen-bond donors (Lipinski definition) is 9. The number of guanidine groups is 1. The van der Waals surface area contributed by atoms with Crippen molar-refractivity contribution < 1.29 is 24.0 Å². The Bertz CT molecular complexity index is 1340. The Hall–Kier alpha value is -5.18.